The van der Waals surface area contributed by atoms with Gasteiger partial charge in [0.25, 0.3) is 0 Å². The number of nitrogens with zero attached hydrogens (tertiary/aromatic N) is 4. The van der Waals surface area contributed by atoms with Crippen LogP contribution in [0.1, 0.15) is 5.69 Å². The minimum atomic E-state index is -0.0507. The van der Waals surface area contributed by atoms with Gasteiger partial charge in [0, 0.05) is 18.1 Å². The van der Waals surface area contributed by atoms with Gasteiger partial charge in [-0.3, -0.25) is 10.4 Å². The first-order valence-corrected chi connectivity index (χ1v) is 5.31. The van der Waals surface area contributed by atoms with Crippen molar-refractivity contribution >= 4 is 17.6 Å². The average molecular weight is 234 g/mol. The van der Waals surface area contributed by atoms with Gasteiger partial charge in [0.2, 0.25) is 0 Å². The molecular formula is C9H10N6S. The van der Waals surface area contributed by atoms with Crippen LogP contribution in [0, 0.1) is 5.41 Å². The van der Waals surface area contributed by atoms with Crippen molar-refractivity contribution in [1.82, 2.24) is 19.7 Å². The van der Waals surface area contributed by atoms with Crippen LogP contribution < -0.4 is 5.73 Å². The Morgan fingerprint density at radius 3 is 2.94 bits per heavy atom. The largest absolute Gasteiger partial charge is 0.382 e. The molecule has 0 fully saturated rings. The molecule has 0 spiro atoms. The summed E-state index contributed by atoms with van der Waals surface area (Å²) in [7, 11) is 1.80. The second-order valence-electron chi connectivity index (χ2n) is 3.03. The number of aromatic nitrogens is 4. The Morgan fingerprint density at radius 2 is 2.31 bits per heavy atom. The molecule has 0 atom stereocenters. The van der Waals surface area contributed by atoms with Crippen LogP contribution in [0.3, 0.4) is 0 Å². The zero-order chi connectivity index (χ0) is 11.5. The van der Waals surface area contributed by atoms with Crippen molar-refractivity contribution in [3.05, 3.63) is 30.4 Å². The zero-order valence-electron chi connectivity index (χ0n) is 8.58. The number of amidine groups is 1. The third-order valence-electron chi connectivity index (χ3n) is 1.90. The van der Waals surface area contributed by atoms with Gasteiger partial charge in [0.1, 0.15) is 17.9 Å². The molecule has 2 aromatic rings. The fourth-order valence-corrected chi connectivity index (χ4v) is 2.03. The Labute approximate surface area is 96.4 Å². The monoisotopic (exact) mass is 234 g/mol. The van der Waals surface area contributed by atoms with Crippen molar-refractivity contribution in [1.29, 1.82) is 5.41 Å². The summed E-state index contributed by atoms with van der Waals surface area (Å²) in [5.74, 6) is -0.0507. The van der Waals surface area contributed by atoms with E-state index in [9.17, 15) is 0 Å². The average Bonchev–Trinajstić information content (AvgIpc) is 2.65. The van der Waals surface area contributed by atoms with Gasteiger partial charge in [-0.15, -0.1) is 0 Å². The molecule has 0 saturated heterocycles. The predicted octanol–water partition coefficient (Wildman–Crippen LogP) is 0.645. The van der Waals surface area contributed by atoms with E-state index in [2.05, 4.69) is 15.1 Å². The normalized spacial score (nSPS) is 10.3. The fourth-order valence-electron chi connectivity index (χ4n) is 1.15. The van der Waals surface area contributed by atoms with Crippen LogP contribution in [0.25, 0.3) is 0 Å². The SMILES string of the molecule is Cn1ncnc1Sc1cccnc1C(=N)N. The van der Waals surface area contributed by atoms with E-state index in [-0.39, 0.29) is 5.84 Å². The highest BCUT2D eigenvalue weighted by Crippen LogP contribution is 2.26. The van der Waals surface area contributed by atoms with Gasteiger partial charge in [0.15, 0.2) is 5.16 Å². The molecule has 2 rings (SSSR count). The number of rotatable bonds is 3. The Hall–Kier alpha value is -1.89. The van der Waals surface area contributed by atoms with E-state index < -0.39 is 0 Å². The van der Waals surface area contributed by atoms with Crippen molar-refractivity contribution in [2.75, 3.05) is 0 Å². The molecule has 7 heteroatoms. The van der Waals surface area contributed by atoms with Crippen LogP contribution in [0.5, 0.6) is 0 Å². The summed E-state index contributed by atoms with van der Waals surface area (Å²) >= 11 is 1.38. The number of nitrogens with two attached hydrogens (primary N) is 1. The highest BCUT2D eigenvalue weighted by molar-refractivity contribution is 7.99. The molecule has 0 saturated carbocycles. The molecular weight excluding hydrogens is 224 g/mol. The van der Waals surface area contributed by atoms with Gasteiger partial charge < -0.3 is 5.73 Å². The maximum Gasteiger partial charge on any atom is 0.190 e. The first kappa shape index (κ1) is 10.6. The predicted molar refractivity (Wildman–Crippen MR) is 60.4 cm³/mol. The first-order valence-electron chi connectivity index (χ1n) is 4.49. The number of nitrogens with one attached hydrogen (secondary N) is 1. The number of aryl methyl sites for hydroxylation is 1. The molecule has 0 aliphatic carbocycles. The zero-order valence-corrected chi connectivity index (χ0v) is 9.40. The van der Waals surface area contributed by atoms with Crippen molar-refractivity contribution in [2.24, 2.45) is 12.8 Å². The third kappa shape index (κ3) is 2.03. The number of hydrogen-bond acceptors (Lipinski definition) is 5. The minimum Gasteiger partial charge on any atom is -0.382 e. The molecule has 3 N–H and O–H groups in total. The first-order chi connectivity index (χ1) is 7.68. The minimum absolute atomic E-state index is 0.0507. The van der Waals surface area contributed by atoms with Crippen LogP contribution in [0.2, 0.25) is 0 Å². The maximum absolute atomic E-state index is 7.42. The lowest BCUT2D eigenvalue weighted by Gasteiger charge is -2.05. The van der Waals surface area contributed by atoms with E-state index in [1.165, 1.54) is 18.1 Å². The van der Waals surface area contributed by atoms with E-state index in [1.54, 1.807) is 24.0 Å². The Morgan fingerprint density at radius 1 is 1.50 bits per heavy atom. The molecule has 0 radical (unpaired) electrons. The fraction of sp³-hybridized carbons (Fsp3) is 0.111. The molecule has 0 unspecified atom stereocenters. The molecule has 0 amide bonds. The van der Waals surface area contributed by atoms with E-state index in [4.69, 9.17) is 11.1 Å². The highest BCUT2D eigenvalue weighted by atomic mass is 32.2. The molecule has 6 nitrogen and oxygen atoms in total. The number of nitrogen functional groups attached to an aromatic ring is 1. The highest BCUT2D eigenvalue weighted by Gasteiger charge is 2.10. The van der Waals surface area contributed by atoms with Crippen LogP contribution in [-0.2, 0) is 7.05 Å². The molecule has 0 bridgehead atoms. The quantitative estimate of drug-likeness (QED) is 0.600. The Kier molecular flexibility index (Phi) is 2.86. The summed E-state index contributed by atoms with van der Waals surface area (Å²) in [4.78, 5) is 8.95. The maximum atomic E-state index is 7.42. The van der Waals surface area contributed by atoms with Crippen molar-refractivity contribution in [2.45, 2.75) is 10.1 Å². The lowest BCUT2D eigenvalue weighted by atomic mass is 10.3. The molecule has 0 aromatic carbocycles. The summed E-state index contributed by atoms with van der Waals surface area (Å²) in [5.41, 5.74) is 5.91. The Balaban J connectivity index is 2.35. The third-order valence-corrected chi connectivity index (χ3v) is 3.00. The molecule has 2 aromatic heterocycles. The summed E-state index contributed by atoms with van der Waals surface area (Å²) in [6.45, 7) is 0. The smallest absolute Gasteiger partial charge is 0.190 e. The van der Waals surface area contributed by atoms with Gasteiger partial charge in [-0.2, -0.15) is 5.10 Å². The van der Waals surface area contributed by atoms with E-state index in [0.29, 0.717) is 5.69 Å². The van der Waals surface area contributed by atoms with Crippen LogP contribution in [0.15, 0.2) is 34.7 Å². The van der Waals surface area contributed by atoms with Gasteiger partial charge in [0.05, 0.1) is 0 Å². The van der Waals surface area contributed by atoms with Crippen molar-refractivity contribution < 1.29 is 0 Å². The number of hydrogen-bond donors (Lipinski definition) is 2. The Bertz CT molecular complexity index is 520. The summed E-state index contributed by atoms with van der Waals surface area (Å²) in [5, 5.41) is 12.1. The van der Waals surface area contributed by atoms with Crippen molar-refractivity contribution in [3.63, 3.8) is 0 Å². The lowest BCUT2D eigenvalue weighted by Crippen LogP contribution is -2.14. The van der Waals surface area contributed by atoms with Crippen LogP contribution >= 0.6 is 11.8 Å². The molecule has 2 heterocycles. The van der Waals surface area contributed by atoms with Crippen LogP contribution in [-0.4, -0.2) is 25.6 Å². The van der Waals surface area contributed by atoms with Crippen LogP contribution in [0.4, 0.5) is 0 Å². The summed E-state index contributed by atoms with van der Waals surface area (Å²) < 4.78 is 1.65. The molecule has 82 valence electrons. The van der Waals surface area contributed by atoms with E-state index in [0.717, 1.165) is 10.1 Å². The summed E-state index contributed by atoms with van der Waals surface area (Å²) in [6.07, 6.45) is 3.09. The van der Waals surface area contributed by atoms with Gasteiger partial charge in [-0.1, -0.05) is 0 Å². The molecule has 16 heavy (non-hydrogen) atoms. The van der Waals surface area contributed by atoms with Gasteiger partial charge in [-0.25, -0.2) is 9.67 Å². The second kappa shape index (κ2) is 4.31. The lowest BCUT2D eigenvalue weighted by molar-refractivity contribution is 0.685. The van der Waals surface area contributed by atoms with Gasteiger partial charge >= 0.3 is 0 Å². The molecule has 0 aliphatic rings. The summed E-state index contributed by atoms with van der Waals surface area (Å²) in [6, 6.07) is 3.65. The van der Waals surface area contributed by atoms with Gasteiger partial charge in [-0.05, 0) is 23.9 Å². The van der Waals surface area contributed by atoms with E-state index in [1.807, 2.05) is 6.07 Å². The van der Waals surface area contributed by atoms with E-state index >= 15 is 0 Å². The van der Waals surface area contributed by atoms with Crippen molar-refractivity contribution in [3.8, 4) is 0 Å². The number of pyridine rings is 1. The second-order valence-corrected chi connectivity index (χ2v) is 4.04. The standard InChI is InChI=1S/C9H10N6S/c1-15-9(13-5-14-15)16-6-3-2-4-12-7(6)8(10)11/h2-5H,1H3,(H3,10,11). The topological polar surface area (TPSA) is 93.5 Å². The molecule has 0 aliphatic heterocycles.